The molecule has 0 saturated carbocycles. The second-order valence-electron chi connectivity index (χ2n) is 4.94. The van der Waals surface area contributed by atoms with Crippen molar-refractivity contribution in [2.24, 2.45) is 4.99 Å². The van der Waals surface area contributed by atoms with Crippen molar-refractivity contribution in [3.8, 4) is 0 Å². The van der Waals surface area contributed by atoms with Gasteiger partial charge in [-0.3, -0.25) is 9.59 Å². The van der Waals surface area contributed by atoms with Gasteiger partial charge >= 0.3 is 0 Å². The van der Waals surface area contributed by atoms with Crippen molar-refractivity contribution in [1.29, 1.82) is 0 Å². The third kappa shape index (κ3) is 9.02. The van der Waals surface area contributed by atoms with Crippen LogP contribution in [0.2, 0.25) is 0 Å². The van der Waals surface area contributed by atoms with Gasteiger partial charge in [-0.05, 0) is 20.8 Å². The lowest BCUT2D eigenvalue weighted by Crippen LogP contribution is -2.46. The Hall–Kier alpha value is -1.83. The normalized spacial score (nSPS) is 11.1. The summed E-state index contributed by atoms with van der Waals surface area (Å²) in [6, 6.07) is 0. The van der Waals surface area contributed by atoms with Crippen molar-refractivity contribution in [2.75, 3.05) is 60.0 Å². The van der Waals surface area contributed by atoms with Gasteiger partial charge in [-0.15, -0.1) is 0 Å². The number of nitrogens with one attached hydrogen (secondary N) is 2. The van der Waals surface area contributed by atoms with Crippen LogP contribution < -0.4 is 10.6 Å². The Morgan fingerprint density at radius 3 is 2.30 bits per heavy atom. The summed E-state index contributed by atoms with van der Waals surface area (Å²) in [6.07, 6.45) is 0. The number of nitrogens with zero attached hydrogens (tertiary/aromatic N) is 3. The Balaban J connectivity index is 4.59. The second-order valence-corrected chi connectivity index (χ2v) is 4.94. The van der Waals surface area contributed by atoms with E-state index in [1.54, 1.807) is 24.0 Å². The summed E-state index contributed by atoms with van der Waals surface area (Å²) >= 11 is 0. The van der Waals surface area contributed by atoms with Gasteiger partial charge in [-0.1, -0.05) is 0 Å². The number of ether oxygens (including phenoxy) is 1. The number of rotatable bonds is 10. The molecule has 0 aliphatic carbocycles. The second kappa shape index (κ2) is 12.7. The molecular weight excluding hydrogens is 298 g/mol. The Labute approximate surface area is 139 Å². The first-order valence-electron chi connectivity index (χ1n) is 8.02. The minimum Gasteiger partial charge on any atom is -0.383 e. The van der Waals surface area contributed by atoms with Crippen LogP contribution in [-0.4, -0.2) is 87.6 Å². The number of hydrogen-bond acceptors (Lipinski definition) is 4. The molecule has 134 valence electrons. The molecule has 0 aliphatic rings. The number of amides is 2. The number of carbonyl (C=O) groups excluding carboxylic acids is 2. The third-order valence-corrected chi connectivity index (χ3v) is 3.19. The van der Waals surface area contributed by atoms with Crippen molar-refractivity contribution >= 4 is 17.8 Å². The zero-order chi connectivity index (χ0) is 17.7. The van der Waals surface area contributed by atoms with E-state index in [4.69, 9.17) is 4.74 Å². The standard InChI is InChI=1S/C15H31N5O3/c1-6-16-15(18-11-13(21)17-9-10-23-5)19(4)12-14(22)20(7-2)8-3/h6-12H2,1-5H3,(H,16,18)(H,17,21). The molecule has 0 bridgehead atoms. The third-order valence-electron chi connectivity index (χ3n) is 3.19. The van der Waals surface area contributed by atoms with E-state index in [1.165, 1.54) is 0 Å². The summed E-state index contributed by atoms with van der Waals surface area (Å²) in [5.41, 5.74) is 0. The van der Waals surface area contributed by atoms with E-state index < -0.39 is 0 Å². The zero-order valence-corrected chi connectivity index (χ0v) is 15.0. The summed E-state index contributed by atoms with van der Waals surface area (Å²) in [5, 5.41) is 5.79. The van der Waals surface area contributed by atoms with Crippen LogP contribution in [-0.2, 0) is 14.3 Å². The average Bonchev–Trinajstić information content (AvgIpc) is 2.52. The Morgan fingerprint density at radius 2 is 1.78 bits per heavy atom. The first-order chi connectivity index (χ1) is 11.0. The van der Waals surface area contributed by atoms with E-state index in [-0.39, 0.29) is 24.9 Å². The summed E-state index contributed by atoms with van der Waals surface area (Å²) in [5.74, 6) is 0.392. The number of carbonyl (C=O) groups is 2. The summed E-state index contributed by atoms with van der Waals surface area (Å²) < 4.78 is 4.87. The lowest BCUT2D eigenvalue weighted by molar-refractivity contribution is -0.131. The van der Waals surface area contributed by atoms with Gasteiger partial charge in [0.25, 0.3) is 0 Å². The molecule has 23 heavy (non-hydrogen) atoms. The minimum absolute atomic E-state index is 0.00977. The highest BCUT2D eigenvalue weighted by Gasteiger charge is 2.15. The molecule has 0 aromatic rings. The maximum absolute atomic E-state index is 12.1. The molecule has 2 N–H and O–H groups in total. The molecule has 0 unspecified atom stereocenters. The van der Waals surface area contributed by atoms with Gasteiger partial charge in [0.05, 0.1) is 13.2 Å². The van der Waals surface area contributed by atoms with Crippen LogP contribution in [0.25, 0.3) is 0 Å². The quantitative estimate of drug-likeness (QED) is 0.321. The molecule has 0 heterocycles. The highest BCUT2D eigenvalue weighted by molar-refractivity contribution is 5.88. The van der Waals surface area contributed by atoms with Gasteiger partial charge in [0.2, 0.25) is 11.8 Å². The Bertz CT molecular complexity index is 383. The van der Waals surface area contributed by atoms with Crippen LogP contribution in [0.5, 0.6) is 0 Å². The van der Waals surface area contributed by atoms with Crippen LogP contribution in [0, 0.1) is 0 Å². The van der Waals surface area contributed by atoms with E-state index in [2.05, 4.69) is 15.6 Å². The largest absolute Gasteiger partial charge is 0.383 e. The fraction of sp³-hybridized carbons (Fsp3) is 0.800. The van der Waals surface area contributed by atoms with Gasteiger partial charge in [-0.25, -0.2) is 4.99 Å². The topological polar surface area (TPSA) is 86.3 Å². The first-order valence-corrected chi connectivity index (χ1v) is 8.02. The first kappa shape index (κ1) is 21.2. The van der Waals surface area contributed by atoms with Crippen LogP contribution in [0.15, 0.2) is 4.99 Å². The number of methoxy groups -OCH3 is 1. The highest BCUT2D eigenvalue weighted by Crippen LogP contribution is 1.94. The van der Waals surface area contributed by atoms with Crippen molar-refractivity contribution in [2.45, 2.75) is 20.8 Å². The highest BCUT2D eigenvalue weighted by atomic mass is 16.5. The predicted molar refractivity (Wildman–Crippen MR) is 91.4 cm³/mol. The average molecular weight is 329 g/mol. The molecule has 0 atom stereocenters. The molecule has 8 nitrogen and oxygen atoms in total. The van der Waals surface area contributed by atoms with Crippen molar-refractivity contribution in [3.05, 3.63) is 0 Å². The smallest absolute Gasteiger partial charge is 0.242 e. The van der Waals surface area contributed by atoms with Gasteiger partial charge in [0, 0.05) is 40.3 Å². The van der Waals surface area contributed by atoms with E-state index in [0.29, 0.717) is 38.7 Å². The molecule has 0 saturated heterocycles. The SMILES string of the molecule is CCNC(=NCC(=O)NCCOC)N(C)CC(=O)N(CC)CC. The summed E-state index contributed by atoms with van der Waals surface area (Å²) in [4.78, 5) is 31.6. The molecule has 0 aromatic carbocycles. The maximum atomic E-state index is 12.1. The fourth-order valence-electron chi connectivity index (χ4n) is 1.92. The molecule has 0 aliphatic heterocycles. The molecule has 0 aromatic heterocycles. The van der Waals surface area contributed by atoms with Gasteiger partial charge in [0.1, 0.15) is 6.54 Å². The molecule has 0 rings (SSSR count). The minimum atomic E-state index is -0.180. The van der Waals surface area contributed by atoms with Gasteiger partial charge in [0.15, 0.2) is 5.96 Å². The number of hydrogen-bond donors (Lipinski definition) is 2. The van der Waals surface area contributed by atoms with Crippen molar-refractivity contribution in [1.82, 2.24) is 20.4 Å². The zero-order valence-electron chi connectivity index (χ0n) is 15.0. The van der Waals surface area contributed by atoms with Crippen LogP contribution in [0.3, 0.4) is 0 Å². The van der Waals surface area contributed by atoms with E-state index in [0.717, 1.165) is 0 Å². The number of aliphatic imine (C=N–C) groups is 1. The van der Waals surface area contributed by atoms with Crippen LogP contribution in [0.4, 0.5) is 0 Å². The van der Waals surface area contributed by atoms with E-state index >= 15 is 0 Å². The Kier molecular flexibility index (Phi) is 11.7. The molecule has 8 heteroatoms. The fourth-order valence-corrected chi connectivity index (χ4v) is 1.92. The van der Waals surface area contributed by atoms with Crippen LogP contribution >= 0.6 is 0 Å². The molecule has 0 radical (unpaired) electrons. The lowest BCUT2D eigenvalue weighted by atomic mass is 10.4. The van der Waals surface area contributed by atoms with Gasteiger partial charge < -0.3 is 25.2 Å². The van der Waals surface area contributed by atoms with Crippen LogP contribution in [0.1, 0.15) is 20.8 Å². The van der Waals surface area contributed by atoms with E-state index in [1.807, 2.05) is 20.8 Å². The predicted octanol–water partition coefficient (Wildman–Crippen LogP) is -0.485. The molecule has 2 amide bonds. The summed E-state index contributed by atoms with van der Waals surface area (Å²) in [7, 11) is 3.36. The lowest BCUT2D eigenvalue weighted by Gasteiger charge is -2.25. The van der Waals surface area contributed by atoms with E-state index in [9.17, 15) is 9.59 Å². The van der Waals surface area contributed by atoms with Crippen molar-refractivity contribution in [3.63, 3.8) is 0 Å². The molecular formula is C15H31N5O3. The monoisotopic (exact) mass is 329 g/mol. The molecule has 0 fully saturated rings. The summed E-state index contributed by atoms with van der Waals surface area (Å²) in [6.45, 7) is 9.01. The van der Waals surface area contributed by atoms with Gasteiger partial charge in [-0.2, -0.15) is 0 Å². The maximum Gasteiger partial charge on any atom is 0.242 e. The molecule has 0 spiro atoms. The number of guanidine groups is 1. The Morgan fingerprint density at radius 1 is 1.13 bits per heavy atom. The van der Waals surface area contributed by atoms with Crippen molar-refractivity contribution < 1.29 is 14.3 Å². The number of likely N-dealkylation sites (N-methyl/N-ethyl adjacent to an activating group) is 2.